The minimum absolute atomic E-state index is 0.129. The largest absolute Gasteiger partial charge is 0.312 e. The fraction of sp³-hybridized carbons (Fsp3) is 0.200. The highest BCUT2D eigenvalue weighted by atomic mass is 32.2. The maximum atomic E-state index is 11.6. The lowest BCUT2D eigenvalue weighted by atomic mass is 10.4. The zero-order chi connectivity index (χ0) is 13.0. The van der Waals surface area contributed by atoms with Gasteiger partial charge in [-0.3, -0.25) is 14.9 Å². The standard InChI is InChI=1S/C10H10N4O2S2/c1-14-6-11-13-10(14)18-5-8(15)12-9(16)7-3-2-4-17-7/h2-4,6H,5H2,1H3,(H,12,15,16). The van der Waals surface area contributed by atoms with Gasteiger partial charge in [-0.05, 0) is 11.4 Å². The van der Waals surface area contributed by atoms with Crippen LogP contribution in [0.25, 0.3) is 0 Å². The van der Waals surface area contributed by atoms with Gasteiger partial charge in [-0.2, -0.15) is 0 Å². The molecule has 94 valence electrons. The quantitative estimate of drug-likeness (QED) is 0.844. The van der Waals surface area contributed by atoms with E-state index in [0.29, 0.717) is 10.0 Å². The van der Waals surface area contributed by atoms with Crippen molar-refractivity contribution in [2.45, 2.75) is 5.16 Å². The Balaban J connectivity index is 1.83. The predicted octanol–water partition coefficient (Wildman–Crippen LogP) is 0.925. The lowest BCUT2D eigenvalue weighted by Crippen LogP contribution is -2.31. The van der Waals surface area contributed by atoms with Crippen LogP contribution in [-0.4, -0.2) is 32.3 Å². The van der Waals surface area contributed by atoms with Crippen molar-refractivity contribution in [1.29, 1.82) is 0 Å². The molecule has 2 amide bonds. The summed E-state index contributed by atoms with van der Waals surface area (Å²) in [5.74, 6) is -0.584. The van der Waals surface area contributed by atoms with Gasteiger partial charge in [0.15, 0.2) is 5.16 Å². The van der Waals surface area contributed by atoms with E-state index in [0.717, 1.165) is 0 Å². The van der Waals surface area contributed by atoms with E-state index in [1.165, 1.54) is 23.1 Å². The van der Waals surface area contributed by atoms with Crippen LogP contribution >= 0.6 is 23.1 Å². The van der Waals surface area contributed by atoms with E-state index in [4.69, 9.17) is 0 Å². The van der Waals surface area contributed by atoms with Gasteiger partial charge in [0.1, 0.15) is 6.33 Å². The summed E-state index contributed by atoms with van der Waals surface area (Å²) in [4.78, 5) is 23.7. The summed E-state index contributed by atoms with van der Waals surface area (Å²) in [6.45, 7) is 0. The molecule has 2 aromatic heterocycles. The molecule has 0 saturated carbocycles. The van der Waals surface area contributed by atoms with Crippen LogP contribution in [0.15, 0.2) is 29.0 Å². The summed E-state index contributed by atoms with van der Waals surface area (Å²) in [5, 5.41) is 12.3. The molecular weight excluding hydrogens is 272 g/mol. The molecule has 6 nitrogen and oxygen atoms in total. The second-order valence-corrected chi connectivity index (χ2v) is 5.26. The van der Waals surface area contributed by atoms with Gasteiger partial charge >= 0.3 is 0 Å². The first-order chi connectivity index (χ1) is 8.66. The van der Waals surface area contributed by atoms with E-state index < -0.39 is 0 Å². The topological polar surface area (TPSA) is 76.9 Å². The summed E-state index contributed by atoms with van der Waals surface area (Å²) in [7, 11) is 1.79. The van der Waals surface area contributed by atoms with Crippen LogP contribution in [0.2, 0.25) is 0 Å². The van der Waals surface area contributed by atoms with Crippen molar-refractivity contribution < 1.29 is 9.59 Å². The first kappa shape index (κ1) is 12.8. The van der Waals surface area contributed by atoms with Gasteiger partial charge in [-0.1, -0.05) is 17.8 Å². The molecule has 0 bridgehead atoms. The van der Waals surface area contributed by atoms with Gasteiger partial charge in [-0.15, -0.1) is 21.5 Å². The minimum Gasteiger partial charge on any atom is -0.312 e. The predicted molar refractivity (Wildman–Crippen MR) is 68.5 cm³/mol. The third-order valence-electron chi connectivity index (χ3n) is 2.00. The lowest BCUT2D eigenvalue weighted by Gasteiger charge is -2.02. The Hall–Kier alpha value is -1.67. The van der Waals surface area contributed by atoms with Crippen molar-refractivity contribution in [2.24, 2.45) is 7.05 Å². The maximum absolute atomic E-state index is 11.6. The highest BCUT2D eigenvalue weighted by Gasteiger charge is 2.12. The molecule has 1 N–H and O–H groups in total. The molecule has 0 radical (unpaired) electrons. The Labute approximate surface area is 111 Å². The number of hydrogen-bond acceptors (Lipinski definition) is 6. The van der Waals surface area contributed by atoms with Crippen LogP contribution in [-0.2, 0) is 11.8 Å². The number of aromatic nitrogens is 3. The fourth-order valence-electron chi connectivity index (χ4n) is 1.17. The Morgan fingerprint density at radius 3 is 3.00 bits per heavy atom. The van der Waals surface area contributed by atoms with Crippen LogP contribution in [0.4, 0.5) is 0 Å². The zero-order valence-corrected chi connectivity index (χ0v) is 11.1. The van der Waals surface area contributed by atoms with Crippen LogP contribution in [0, 0.1) is 0 Å². The van der Waals surface area contributed by atoms with Crippen LogP contribution in [0.3, 0.4) is 0 Å². The third-order valence-corrected chi connectivity index (χ3v) is 3.90. The van der Waals surface area contributed by atoms with Crippen LogP contribution in [0.1, 0.15) is 9.67 Å². The Morgan fingerprint density at radius 1 is 1.56 bits per heavy atom. The molecule has 0 aliphatic carbocycles. The van der Waals surface area contributed by atoms with Crippen molar-refractivity contribution in [2.75, 3.05) is 5.75 Å². The van der Waals surface area contributed by atoms with Gasteiger partial charge in [0.2, 0.25) is 5.91 Å². The first-order valence-electron chi connectivity index (χ1n) is 5.01. The minimum atomic E-state index is -0.367. The molecule has 2 rings (SSSR count). The number of carbonyl (C=O) groups excluding carboxylic acids is 2. The number of thioether (sulfide) groups is 1. The van der Waals surface area contributed by atoms with Gasteiger partial charge < -0.3 is 4.57 Å². The number of carbonyl (C=O) groups is 2. The van der Waals surface area contributed by atoms with E-state index in [1.807, 2.05) is 0 Å². The molecule has 0 unspecified atom stereocenters. The molecule has 0 atom stereocenters. The molecule has 0 spiro atoms. The van der Waals surface area contributed by atoms with Gasteiger partial charge in [0.25, 0.3) is 5.91 Å². The normalized spacial score (nSPS) is 10.3. The third kappa shape index (κ3) is 3.17. The fourth-order valence-corrected chi connectivity index (χ4v) is 2.47. The number of hydrogen-bond donors (Lipinski definition) is 1. The average Bonchev–Trinajstić information content (AvgIpc) is 2.97. The lowest BCUT2D eigenvalue weighted by molar-refractivity contribution is -0.117. The molecule has 0 aliphatic rings. The summed E-state index contributed by atoms with van der Waals surface area (Å²) < 4.78 is 1.71. The second-order valence-electron chi connectivity index (χ2n) is 3.37. The molecule has 0 aliphatic heterocycles. The number of nitrogens with one attached hydrogen (secondary N) is 1. The van der Waals surface area contributed by atoms with Crippen molar-refractivity contribution >= 4 is 34.9 Å². The van der Waals surface area contributed by atoms with E-state index in [-0.39, 0.29) is 17.6 Å². The van der Waals surface area contributed by atoms with Crippen molar-refractivity contribution in [3.63, 3.8) is 0 Å². The Morgan fingerprint density at radius 2 is 2.39 bits per heavy atom. The molecule has 18 heavy (non-hydrogen) atoms. The number of rotatable bonds is 4. The Kier molecular flexibility index (Phi) is 4.11. The number of thiophene rings is 1. The van der Waals surface area contributed by atoms with Gasteiger partial charge in [-0.25, -0.2) is 0 Å². The number of aryl methyl sites for hydroxylation is 1. The average molecular weight is 282 g/mol. The van der Waals surface area contributed by atoms with E-state index in [9.17, 15) is 9.59 Å². The van der Waals surface area contributed by atoms with Crippen molar-refractivity contribution in [3.05, 3.63) is 28.7 Å². The van der Waals surface area contributed by atoms with E-state index >= 15 is 0 Å². The molecule has 2 aromatic rings. The monoisotopic (exact) mass is 282 g/mol. The van der Waals surface area contributed by atoms with Gasteiger partial charge in [0.05, 0.1) is 10.6 Å². The maximum Gasteiger partial charge on any atom is 0.267 e. The molecule has 0 aromatic carbocycles. The van der Waals surface area contributed by atoms with Crippen molar-refractivity contribution in [3.8, 4) is 0 Å². The van der Waals surface area contributed by atoms with E-state index in [1.54, 1.807) is 35.5 Å². The zero-order valence-electron chi connectivity index (χ0n) is 9.49. The summed E-state index contributed by atoms with van der Waals surface area (Å²) >= 11 is 2.52. The summed E-state index contributed by atoms with van der Waals surface area (Å²) in [6.07, 6.45) is 1.55. The number of amides is 2. The highest BCUT2D eigenvalue weighted by molar-refractivity contribution is 7.99. The van der Waals surface area contributed by atoms with Gasteiger partial charge in [0, 0.05) is 7.05 Å². The molecule has 0 fully saturated rings. The Bertz CT molecular complexity index is 550. The molecule has 0 saturated heterocycles. The SMILES string of the molecule is Cn1cnnc1SCC(=O)NC(=O)c1cccs1. The first-order valence-corrected chi connectivity index (χ1v) is 6.88. The highest BCUT2D eigenvalue weighted by Crippen LogP contribution is 2.13. The summed E-state index contributed by atoms with van der Waals surface area (Å²) in [6, 6.07) is 3.43. The molecular formula is C10H10N4O2S2. The smallest absolute Gasteiger partial charge is 0.267 e. The van der Waals surface area contributed by atoms with Crippen molar-refractivity contribution in [1.82, 2.24) is 20.1 Å². The number of imide groups is 1. The summed E-state index contributed by atoms with van der Waals surface area (Å²) in [5.41, 5.74) is 0. The van der Waals surface area contributed by atoms with Crippen LogP contribution in [0.5, 0.6) is 0 Å². The van der Waals surface area contributed by atoms with Crippen LogP contribution < -0.4 is 5.32 Å². The second kappa shape index (κ2) is 5.78. The number of nitrogens with zero attached hydrogens (tertiary/aromatic N) is 3. The van der Waals surface area contributed by atoms with E-state index in [2.05, 4.69) is 15.5 Å². The molecule has 8 heteroatoms. The molecule has 2 heterocycles.